The van der Waals surface area contributed by atoms with Crippen LogP contribution < -0.4 is 10.6 Å². The van der Waals surface area contributed by atoms with E-state index >= 15 is 0 Å². The Morgan fingerprint density at radius 1 is 1.38 bits per heavy atom. The van der Waals surface area contributed by atoms with Crippen LogP contribution in [0.5, 0.6) is 0 Å². The lowest BCUT2D eigenvalue weighted by atomic mass is 10.3. The van der Waals surface area contributed by atoms with Crippen LogP contribution >= 0.6 is 0 Å². The van der Waals surface area contributed by atoms with Gasteiger partial charge in [0.15, 0.2) is 0 Å². The summed E-state index contributed by atoms with van der Waals surface area (Å²) in [6.07, 6.45) is 2.72. The summed E-state index contributed by atoms with van der Waals surface area (Å²) in [6, 6.07) is 0.478. The molecule has 6 heteroatoms. The molecule has 6 nitrogen and oxygen atoms in total. The van der Waals surface area contributed by atoms with E-state index in [0.29, 0.717) is 31.4 Å². The van der Waals surface area contributed by atoms with E-state index in [4.69, 9.17) is 15.3 Å². The van der Waals surface area contributed by atoms with E-state index in [1.165, 1.54) is 0 Å². The van der Waals surface area contributed by atoms with Crippen molar-refractivity contribution in [3.63, 3.8) is 0 Å². The van der Waals surface area contributed by atoms with Gasteiger partial charge in [0, 0.05) is 26.1 Å². The molecule has 0 radical (unpaired) electrons. The summed E-state index contributed by atoms with van der Waals surface area (Å²) in [5, 5.41) is 16.8. The van der Waals surface area contributed by atoms with E-state index in [1.54, 1.807) is 0 Å². The van der Waals surface area contributed by atoms with Crippen LogP contribution in [0.25, 0.3) is 0 Å². The minimum Gasteiger partial charge on any atom is -0.408 e. The summed E-state index contributed by atoms with van der Waals surface area (Å²) < 4.78 is 5.45. The van der Waals surface area contributed by atoms with Gasteiger partial charge in [-0.3, -0.25) is 0 Å². The van der Waals surface area contributed by atoms with Gasteiger partial charge in [0.2, 0.25) is 5.89 Å². The Hall–Kier alpha value is -1.14. The van der Waals surface area contributed by atoms with Crippen molar-refractivity contribution in [3.8, 4) is 0 Å². The first kappa shape index (κ1) is 12.9. The molecule has 0 aliphatic heterocycles. The average molecular weight is 228 g/mol. The standard InChI is InChI=1S/C10H20N4O2/c1-2-3-6-14(7-8-15)10-13-12-9(16-10)4-5-11/h15H,2-8,11H2,1H3. The summed E-state index contributed by atoms with van der Waals surface area (Å²) in [4.78, 5) is 1.90. The van der Waals surface area contributed by atoms with E-state index in [0.717, 1.165) is 19.4 Å². The van der Waals surface area contributed by atoms with Crippen LogP contribution in [-0.4, -0.2) is 41.5 Å². The Bertz CT molecular complexity index is 290. The van der Waals surface area contributed by atoms with Crippen molar-refractivity contribution in [2.75, 3.05) is 31.1 Å². The van der Waals surface area contributed by atoms with Gasteiger partial charge >= 0.3 is 6.01 Å². The van der Waals surface area contributed by atoms with E-state index < -0.39 is 0 Å². The summed E-state index contributed by atoms with van der Waals surface area (Å²) >= 11 is 0. The maximum absolute atomic E-state index is 8.96. The molecule has 0 atom stereocenters. The molecule has 0 bridgehead atoms. The zero-order chi connectivity index (χ0) is 11.8. The molecule has 0 saturated carbocycles. The molecule has 3 N–H and O–H groups in total. The molecule has 1 aromatic rings. The number of anilines is 1. The Labute approximate surface area is 95.4 Å². The molecule has 0 aromatic carbocycles. The van der Waals surface area contributed by atoms with Gasteiger partial charge in [-0.25, -0.2) is 0 Å². The lowest BCUT2D eigenvalue weighted by Gasteiger charge is -2.18. The molecule has 1 aromatic heterocycles. The Kier molecular flexibility index (Phi) is 5.81. The van der Waals surface area contributed by atoms with Crippen molar-refractivity contribution >= 4 is 6.01 Å². The summed E-state index contributed by atoms with van der Waals surface area (Å²) in [5.74, 6) is 0.553. The quantitative estimate of drug-likeness (QED) is 0.659. The van der Waals surface area contributed by atoms with Crippen LogP contribution in [0.3, 0.4) is 0 Å². The maximum atomic E-state index is 8.96. The number of hydrogen-bond donors (Lipinski definition) is 2. The number of nitrogens with zero attached hydrogens (tertiary/aromatic N) is 3. The lowest BCUT2D eigenvalue weighted by Crippen LogP contribution is -2.28. The SMILES string of the molecule is CCCCN(CCO)c1nnc(CCN)o1. The minimum atomic E-state index is 0.0817. The highest BCUT2D eigenvalue weighted by molar-refractivity contribution is 5.23. The third-order valence-electron chi connectivity index (χ3n) is 2.24. The summed E-state index contributed by atoms with van der Waals surface area (Å²) in [6.45, 7) is 4.03. The number of aliphatic hydroxyl groups is 1. The van der Waals surface area contributed by atoms with Crippen LogP contribution in [-0.2, 0) is 6.42 Å². The normalized spacial score (nSPS) is 10.7. The smallest absolute Gasteiger partial charge is 0.318 e. The van der Waals surface area contributed by atoms with Crippen LogP contribution in [0.1, 0.15) is 25.7 Å². The number of unbranched alkanes of at least 4 members (excludes halogenated alkanes) is 1. The number of hydrogen-bond acceptors (Lipinski definition) is 6. The topological polar surface area (TPSA) is 88.4 Å². The fraction of sp³-hybridized carbons (Fsp3) is 0.800. The number of aliphatic hydroxyl groups excluding tert-OH is 1. The fourth-order valence-electron chi connectivity index (χ4n) is 1.37. The van der Waals surface area contributed by atoms with Crippen molar-refractivity contribution in [3.05, 3.63) is 5.89 Å². The number of aromatic nitrogens is 2. The van der Waals surface area contributed by atoms with E-state index in [2.05, 4.69) is 17.1 Å². The molecule has 1 heterocycles. The summed E-state index contributed by atoms with van der Waals surface area (Å²) in [7, 11) is 0. The van der Waals surface area contributed by atoms with Gasteiger partial charge in [0.25, 0.3) is 0 Å². The third-order valence-corrected chi connectivity index (χ3v) is 2.24. The molecule has 92 valence electrons. The predicted octanol–water partition coefficient (Wildman–Crippen LogP) is 0.170. The second-order valence-electron chi connectivity index (χ2n) is 3.58. The van der Waals surface area contributed by atoms with Crippen molar-refractivity contribution < 1.29 is 9.52 Å². The van der Waals surface area contributed by atoms with Crippen molar-refractivity contribution in [2.24, 2.45) is 5.73 Å². The van der Waals surface area contributed by atoms with Gasteiger partial charge in [-0.15, -0.1) is 5.10 Å². The predicted molar refractivity (Wildman–Crippen MR) is 61.3 cm³/mol. The minimum absolute atomic E-state index is 0.0817. The molecule has 0 aliphatic rings. The molecule has 0 aliphatic carbocycles. The van der Waals surface area contributed by atoms with E-state index in [-0.39, 0.29) is 6.61 Å². The van der Waals surface area contributed by atoms with Crippen LogP contribution in [0.4, 0.5) is 6.01 Å². The van der Waals surface area contributed by atoms with Gasteiger partial charge in [0.1, 0.15) is 0 Å². The van der Waals surface area contributed by atoms with Gasteiger partial charge in [-0.05, 0) is 6.42 Å². The van der Waals surface area contributed by atoms with E-state index in [1.807, 2.05) is 4.90 Å². The molecule has 0 saturated heterocycles. The largest absolute Gasteiger partial charge is 0.408 e. The molecule has 16 heavy (non-hydrogen) atoms. The molecular weight excluding hydrogens is 208 g/mol. The highest BCUT2D eigenvalue weighted by Crippen LogP contribution is 2.12. The molecule has 0 spiro atoms. The molecule has 0 fully saturated rings. The first-order valence-corrected chi connectivity index (χ1v) is 5.70. The van der Waals surface area contributed by atoms with Crippen LogP contribution in [0.2, 0.25) is 0 Å². The fourth-order valence-corrected chi connectivity index (χ4v) is 1.37. The Morgan fingerprint density at radius 3 is 2.81 bits per heavy atom. The van der Waals surface area contributed by atoms with Crippen molar-refractivity contribution in [1.29, 1.82) is 0 Å². The molecule has 1 rings (SSSR count). The highest BCUT2D eigenvalue weighted by atomic mass is 16.4. The zero-order valence-corrected chi connectivity index (χ0v) is 9.72. The van der Waals surface area contributed by atoms with Crippen LogP contribution in [0, 0.1) is 0 Å². The van der Waals surface area contributed by atoms with Crippen molar-refractivity contribution in [1.82, 2.24) is 10.2 Å². The molecule has 0 unspecified atom stereocenters. The van der Waals surface area contributed by atoms with E-state index in [9.17, 15) is 0 Å². The third kappa shape index (κ3) is 3.79. The highest BCUT2D eigenvalue weighted by Gasteiger charge is 2.12. The summed E-state index contributed by atoms with van der Waals surface area (Å²) in [5.41, 5.74) is 5.40. The number of nitrogens with two attached hydrogens (primary N) is 1. The first-order valence-electron chi connectivity index (χ1n) is 5.70. The maximum Gasteiger partial charge on any atom is 0.318 e. The second kappa shape index (κ2) is 7.19. The van der Waals surface area contributed by atoms with Gasteiger partial charge in [-0.2, -0.15) is 0 Å². The Balaban J connectivity index is 2.59. The average Bonchev–Trinajstić information content (AvgIpc) is 2.73. The first-order chi connectivity index (χ1) is 7.81. The molecule has 0 amide bonds. The number of rotatable bonds is 8. The van der Waals surface area contributed by atoms with Gasteiger partial charge < -0.3 is 20.2 Å². The Morgan fingerprint density at radius 2 is 2.19 bits per heavy atom. The zero-order valence-electron chi connectivity index (χ0n) is 9.72. The van der Waals surface area contributed by atoms with Crippen LogP contribution in [0.15, 0.2) is 4.42 Å². The van der Waals surface area contributed by atoms with Crippen molar-refractivity contribution in [2.45, 2.75) is 26.2 Å². The van der Waals surface area contributed by atoms with Gasteiger partial charge in [-0.1, -0.05) is 18.4 Å². The second-order valence-corrected chi connectivity index (χ2v) is 3.58. The monoisotopic (exact) mass is 228 g/mol. The van der Waals surface area contributed by atoms with Gasteiger partial charge in [0.05, 0.1) is 6.61 Å². The lowest BCUT2D eigenvalue weighted by molar-refractivity contribution is 0.298. The molecular formula is C10H20N4O2.